The summed E-state index contributed by atoms with van der Waals surface area (Å²) < 4.78 is 10.7. The molecule has 0 unspecified atom stereocenters. The Morgan fingerprint density at radius 2 is 1.14 bits per heavy atom. The Balaban J connectivity index is 3.15. The maximum atomic E-state index is 11.5. The Morgan fingerprint density at radius 3 is 1.54 bits per heavy atom. The normalized spacial score (nSPS) is 11.8. The minimum Gasteiger partial charge on any atom is -0.324 e. The van der Waals surface area contributed by atoms with Gasteiger partial charge in [0, 0.05) is 5.75 Å². The lowest BCUT2D eigenvalue weighted by molar-refractivity contribution is -0.110. The zero-order valence-electron chi connectivity index (χ0n) is 18.0. The van der Waals surface area contributed by atoms with Gasteiger partial charge in [-0.05, 0) is 6.42 Å². The van der Waals surface area contributed by atoms with Crippen LogP contribution in [0.2, 0.25) is 0 Å². The molecule has 0 spiro atoms. The van der Waals surface area contributed by atoms with Crippen LogP contribution >= 0.6 is 19.4 Å². The lowest BCUT2D eigenvalue weighted by atomic mass is 10.0. The van der Waals surface area contributed by atoms with E-state index in [9.17, 15) is 9.36 Å². The van der Waals surface area contributed by atoms with Crippen molar-refractivity contribution in [3.8, 4) is 0 Å². The molecule has 0 aromatic rings. The highest BCUT2D eigenvalue weighted by atomic mass is 32.2. The Morgan fingerprint density at radius 1 is 0.750 bits per heavy atom. The highest BCUT2D eigenvalue weighted by Gasteiger charge is 2.12. The Bertz CT molecular complexity index is 404. The fraction of sp³-hybridized carbons (Fsp3) is 0.952. The number of thioether (sulfide) groups is 1. The second kappa shape index (κ2) is 20.4. The summed E-state index contributed by atoms with van der Waals surface area (Å²) in [6, 6.07) is 0. The molecule has 5 nitrogen and oxygen atoms in total. The fourth-order valence-electron chi connectivity index (χ4n) is 3.19. The van der Waals surface area contributed by atoms with Gasteiger partial charge < -0.3 is 9.79 Å². The summed E-state index contributed by atoms with van der Waals surface area (Å²) in [6.07, 6.45) is 21.0. The van der Waals surface area contributed by atoms with E-state index in [1.54, 1.807) is 0 Å². The van der Waals surface area contributed by atoms with Crippen LogP contribution in [0.5, 0.6) is 0 Å². The first-order valence-corrected chi connectivity index (χ1v) is 14.1. The molecular formula is C21H44NO4PS. The molecule has 0 aliphatic carbocycles. The lowest BCUT2D eigenvalue weighted by Crippen LogP contribution is -2.22. The largest absolute Gasteiger partial charge is 0.339 e. The van der Waals surface area contributed by atoms with E-state index in [1.807, 2.05) is 0 Å². The number of hydrogen-bond donors (Lipinski definition) is 3. The van der Waals surface area contributed by atoms with Crippen molar-refractivity contribution in [2.45, 2.75) is 110 Å². The van der Waals surface area contributed by atoms with Gasteiger partial charge in [-0.25, -0.2) is 0 Å². The predicted octanol–water partition coefficient (Wildman–Crippen LogP) is 6.23. The highest BCUT2D eigenvalue weighted by Crippen LogP contribution is 2.31. The van der Waals surface area contributed by atoms with Crippen molar-refractivity contribution in [3.05, 3.63) is 0 Å². The molecule has 0 aromatic carbocycles. The molecule has 0 aromatic heterocycles. The molecule has 0 atom stereocenters. The highest BCUT2D eigenvalue weighted by molar-refractivity contribution is 8.13. The molecule has 28 heavy (non-hydrogen) atoms. The maximum Gasteiger partial charge on any atom is 0.339 e. The van der Waals surface area contributed by atoms with Crippen LogP contribution in [0.3, 0.4) is 0 Å². The van der Waals surface area contributed by atoms with Gasteiger partial charge in [0.1, 0.15) is 0 Å². The van der Waals surface area contributed by atoms with Gasteiger partial charge in [-0.1, -0.05) is 115 Å². The first kappa shape index (κ1) is 28.1. The third-order valence-electron chi connectivity index (χ3n) is 4.85. The Kier molecular flexibility index (Phi) is 20.5. The summed E-state index contributed by atoms with van der Waals surface area (Å²) in [5.41, 5.74) is 0. The first-order chi connectivity index (χ1) is 13.5. The van der Waals surface area contributed by atoms with Crippen LogP contribution < -0.4 is 5.32 Å². The number of nitrogens with one attached hydrogen (secondary N) is 1. The molecule has 0 amide bonds. The molecule has 0 aliphatic rings. The summed E-state index contributed by atoms with van der Waals surface area (Å²) in [5, 5.41) is 2.45. The maximum absolute atomic E-state index is 11.5. The van der Waals surface area contributed by atoms with Crippen molar-refractivity contribution >= 4 is 24.5 Å². The third kappa shape index (κ3) is 24.2. The van der Waals surface area contributed by atoms with E-state index >= 15 is 0 Å². The molecule has 0 heterocycles. The van der Waals surface area contributed by atoms with E-state index in [1.165, 1.54) is 102 Å². The van der Waals surface area contributed by atoms with Gasteiger partial charge in [0.05, 0.1) is 12.8 Å². The van der Waals surface area contributed by atoms with Crippen LogP contribution in [0.4, 0.5) is 0 Å². The lowest BCUT2D eigenvalue weighted by Gasteiger charge is -2.05. The number of rotatable bonds is 21. The smallest absolute Gasteiger partial charge is 0.324 e. The molecule has 0 saturated heterocycles. The molecule has 0 bridgehead atoms. The number of carbonyl (C=O) groups excluding carboxylic acids is 1. The number of carbonyl (C=O) groups is 1. The predicted molar refractivity (Wildman–Crippen MR) is 122 cm³/mol. The number of hydrogen-bond acceptors (Lipinski definition) is 4. The van der Waals surface area contributed by atoms with Crippen LogP contribution in [0.25, 0.3) is 0 Å². The van der Waals surface area contributed by atoms with Crippen molar-refractivity contribution < 1.29 is 19.1 Å². The van der Waals surface area contributed by atoms with E-state index < -0.39 is 13.9 Å². The van der Waals surface area contributed by atoms with Crippen molar-refractivity contribution in [1.29, 1.82) is 0 Å². The topological polar surface area (TPSA) is 86.6 Å². The quantitative estimate of drug-likeness (QED) is 0.146. The molecule has 0 fully saturated rings. The molecule has 0 aliphatic heterocycles. The van der Waals surface area contributed by atoms with E-state index in [4.69, 9.17) is 9.79 Å². The van der Waals surface area contributed by atoms with Gasteiger partial charge in [-0.3, -0.25) is 14.7 Å². The van der Waals surface area contributed by atoms with Crippen LogP contribution in [-0.2, 0) is 9.36 Å². The second-order valence-electron chi connectivity index (χ2n) is 7.77. The van der Waals surface area contributed by atoms with E-state index in [2.05, 4.69) is 12.2 Å². The summed E-state index contributed by atoms with van der Waals surface area (Å²) in [7, 11) is -4.06. The van der Waals surface area contributed by atoms with Crippen molar-refractivity contribution in [2.24, 2.45) is 0 Å². The molecule has 3 N–H and O–H groups in total. The van der Waals surface area contributed by atoms with Gasteiger partial charge in [0.25, 0.3) is 0 Å². The molecule has 168 valence electrons. The van der Waals surface area contributed by atoms with E-state index in [0.717, 1.165) is 18.6 Å². The summed E-state index contributed by atoms with van der Waals surface area (Å²) in [5.74, 6) is 0.800. The fourth-order valence-corrected chi connectivity index (χ4v) is 4.37. The van der Waals surface area contributed by atoms with Crippen molar-refractivity contribution in [2.75, 3.05) is 18.6 Å². The van der Waals surface area contributed by atoms with Crippen molar-refractivity contribution in [1.82, 2.24) is 5.32 Å². The van der Waals surface area contributed by atoms with Gasteiger partial charge in [-0.15, -0.1) is 0 Å². The summed E-state index contributed by atoms with van der Waals surface area (Å²) in [6.45, 7) is 2.29. The molecule has 0 saturated carbocycles. The summed E-state index contributed by atoms with van der Waals surface area (Å²) >= 11 is 1.26. The first-order valence-electron chi connectivity index (χ1n) is 11.4. The van der Waals surface area contributed by atoms with Crippen LogP contribution in [0.1, 0.15) is 110 Å². The average Bonchev–Trinajstić information content (AvgIpc) is 2.63. The monoisotopic (exact) mass is 437 g/mol. The van der Waals surface area contributed by atoms with Gasteiger partial charge in [-0.2, -0.15) is 0 Å². The minimum atomic E-state index is -4.06. The summed E-state index contributed by atoms with van der Waals surface area (Å²) in [4.78, 5) is 28.9. The Labute approximate surface area is 177 Å². The zero-order chi connectivity index (χ0) is 20.9. The molecule has 0 rings (SSSR count). The van der Waals surface area contributed by atoms with Crippen LogP contribution in [0, 0.1) is 0 Å². The van der Waals surface area contributed by atoms with E-state index in [0.29, 0.717) is 0 Å². The van der Waals surface area contributed by atoms with E-state index in [-0.39, 0.29) is 11.7 Å². The second-order valence-corrected chi connectivity index (χ2v) is 10.6. The standard InChI is InChI=1S/C21H44NO4PS/c1-2-3-4-5-6-7-8-9-10-11-12-13-14-15-16-17-18-28-21(23)19-22-20-27(24,25)26/h22H,2-20H2,1H3,(H2,24,25,26). The molecular weight excluding hydrogens is 393 g/mol. The zero-order valence-corrected chi connectivity index (χ0v) is 19.7. The van der Waals surface area contributed by atoms with Crippen molar-refractivity contribution in [3.63, 3.8) is 0 Å². The SMILES string of the molecule is CCCCCCCCCCCCCCCCCCSC(=O)CNCP(=O)(O)O. The average molecular weight is 438 g/mol. The van der Waals surface area contributed by atoms with Gasteiger partial charge >= 0.3 is 7.60 Å². The van der Waals surface area contributed by atoms with Crippen LogP contribution in [-0.4, -0.2) is 33.5 Å². The molecule has 7 heteroatoms. The Hall–Kier alpha value is 0.130. The number of unbranched alkanes of at least 4 members (excludes halogenated alkanes) is 15. The van der Waals surface area contributed by atoms with Gasteiger partial charge in [0.15, 0.2) is 0 Å². The minimum absolute atomic E-state index is 0.0225. The van der Waals surface area contributed by atoms with Crippen LogP contribution in [0.15, 0.2) is 0 Å². The molecule has 0 radical (unpaired) electrons. The van der Waals surface area contributed by atoms with Gasteiger partial charge in [0.2, 0.25) is 5.12 Å². The third-order valence-corrected chi connectivity index (χ3v) is 6.44.